The molecule has 6 nitrogen and oxygen atoms in total. The number of sulfonamides is 1. The van der Waals surface area contributed by atoms with Crippen LogP contribution in [-0.2, 0) is 14.8 Å². The average Bonchev–Trinajstić information content (AvgIpc) is 2.93. The summed E-state index contributed by atoms with van der Waals surface area (Å²) in [6.45, 7) is 7.15. The van der Waals surface area contributed by atoms with Gasteiger partial charge in [0, 0.05) is 45.2 Å². The Balaban J connectivity index is 1.75. The average molecular weight is 329 g/mol. The lowest BCUT2D eigenvalue weighted by Gasteiger charge is -2.43. The lowest BCUT2D eigenvalue weighted by Crippen LogP contribution is -2.59. The van der Waals surface area contributed by atoms with E-state index in [1.54, 1.807) is 9.21 Å². The molecule has 0 saturated carbocycles. The summed E-state index contributed by atoms with van der Waals surface area (Å²) in [6, 6.07) is 0.422. The van der Waals surface area contributed by atoms with Crippen molar-refractivity contribution in [3.8, 4) is 0 Å². The summed E-state index contributed by atoms with van der Waals surface area (Å²) < 4.78 is 27.9. The highest BCUT2D eigenvalue weighted by Gasteiger charge is 2.43. The number of nitrogens with zero attached hydrogens (tertiary/aromatic N) is 3. The number of hydrogen-bond acceptors (Lipinski definition) is 4. The maximum atomic E-state index is 13.1. The van der Waals surface area contributed by atoms with Gasteiger partial charge in [0.05, 0.1) is 5.25 Å². The molecule has 22 heavy (non-hydrogen) atoms. The van der Waals surface area contributed by atoms with Gasteiger partial charge in [0.2, 0.25) is 15.9 Å². The quantitative estimate of drug-likeness (QED) is 0.740. The molecule has 126 valence electrons. The van der Waals surface area contributed by atoms with Crippen LogP contribution in [0.4, 0.5) is 0 Å². The van der Waals surface area contributed by atoms with Gasteiger partial charge in [-0.05, 0) is 39.2 Å². The van der Waals surface area contributed by atoms with Crippen molar-refractivity contribution in [2.24, 2.45) is 0 Å². The Hall–Kier alpha value is -0.660. The fraction of sp³-hybridized carbons (Fsp3) is 0.933. The molecule has 0 aliphatic carbocycles. The molecule has 3 atom stereocenters. The Morgan fingerprint density at radius 3 is 2.50 bits per heavy atom. The normalized spacial score (nSPS) is 34.6. The smallest absolute Gasteiger partial charge is 0.219 e. The molecule has 3 saturated heterocycles. The van der Waals surface area contributed by atoms with E-state index in [4.69, 9.17) is 0 Å². The van der Waals surface area contributed by atoms with E-state index in [9.17, 15) is 13.2 Å². The van der Waals surface area contributed by atoms with Crippen LogP contribution in [0, 0.1) is 0 Å². The summed E-state index contributed by atoms with van der Waals surface area (Å²) in [5, 5.41) is -0.430. The summed E-state index contributed by atoms with van der Waals surface area (Å²) in [6.07, 6.45) is 3.72. The molecule has 0 radical (unpaired) electrons. The minimum absolute atomic E-state index is 0.0199. The highest BCUT2D eigenvalue weighted by atomic mass is 32.2. The summed E-state index contributed by atoms with van der Waals surface area (Å²) in [7, 11) is -3.33. The molecule has 0 spiro atoms. The van der Waals surface area contributed by atoms with Gasteiger partial charge in [0.1, 0.15) is 0 Å². The largest absolute Gasteiger partial charge is 0.342 e. The Labute approximate surface area is 133 Å². The Bertz CT molecular complexity index is 536. The monoisotopic (exact) mass is 329 g/mol. The molecule has 3 aliphatic heterocycles. The molecule has 3 aliphatic rings. The van der Waals surface area contributed by atoms with E-state index < -0.39 is 15.3 Å². The van der Waals surface area contributed by atoms with Gasteiger partial charge >= 0.3 is 0 Å². The third-order valence-electron chi connectivity index (χ3n) is 5.45. The Morgan fingerprint density at radius 2 is 1.77 bits per heavy atom. The third-order valence-corrected chi connectivity index (χ3v) is 7.84. The topological polar surface area (TPSA) is 60.9 Å². The highest BCUT2D eigenvalue weighted by molar-refractivity contribution is 7.89. The fourth-order valence-corrected chi connectivity index (χ4v) is 6.34. The van der Waals surface area contributed by atoms with E-state index in [0.29, 0.717) is 32.1 Å². The molecular formula is C15H27N3O3S. The number of carbonyl (C=O) groups excluding carboxylic acids is 1. The van der Waals surface area contributed by atoms with Crippen LogP contribution in [0.15, 0.2) is 0 Å². The molecule has 0 bridgehead atoms. The van der Waals surface area contributed by atoms with Crippen LogP contribution in [0.2, 0.25) is 0 Å². The SMILES string of the molecule is CC(=O)N1CCC[C@H](S(=O)(=O)N2C[C@@H]3CCCN3C[C@H]2C)C1. The van der Waals surface area contributed by atoms with Crippen LogP contribution in [0.1, 0.15) is 39.5 Å². The zero-order chi connectivity index (χ0) is 15.9. The van der Waals surface area contributed by atoms with Crippen LogP contribution in [0.25, 0.3) is 0 Å². The first kappa shape index (κ1) is 16.2. The fourth-order valence-electron chi connectivity index (χ4n) is 4.17. The van der Waals surface area contributed by atoms with Crippen LogP contribution in [0.3, 0.4) is 0 Å². The van der Waals surface area contributed by atoms with Crippen molar-refractivity contribution in [2.45, 2.75) is 56.9 Å². The van der Waals surface area contributed by atoms with Crippen molar-refractivity contribution in [3.63, 3.8) is 0 Å². The first-order valence-electron chi connectivity index (χ1n) is 8.40. The minimum atomic E-state index is -3.33. The standard InChI is InChI=1S/C15H27N3O3S/c1-12-9-17-8-3-5-14(17)10-18(12)22(20,21)15-6-4-7-16(11-15)13(2)19/h12,14-15H,3-11H2,1-2H3/t12-,14+,15+/m1/s1. The van der Waals surface area contributed by atoms with Crippen molar-refractivity contribution in [3.05, 3.63) is 0 Å². The predicted molar refractivity (Wildman–Crippen MR) is 85.0 cm³/mol. The predicted octanol–water partition coefficient (Wildman–Crippen LogP) is 0.496. The number of carbonyl (C=O) groups is 1. The first-order valence-corrected chi connectivity index (χ1v) is 9.90. The Morgan fingerprint density at radius 1 is 1.05 bits per heavy atom. The zero-order valence-electron chi connectivity index (χ0n) is 13.6. The molecule has 1 amide bonds. The van der Waals surface area contributed by atoms with E-state index in [-0.39, 0.29) is 11.9 Å². The van der Waals surface area contributed by atoms with Gasteiger partial charge in [-0.25, -0.2) is 8.42 Å². The molecule has 0 aromatic rings. The van der Waals surface area contributed by atoms with Crippen molar-refractivity contribution in [1.82, 2.24) is 14.1 Å². The lowest BCUT2D eigenvalue weighted by atomic mass is 10.1. The van der Waals surface area contributed by atoms with E-state index >= 15 is 0 Å². The van der Waals surface area contributed by atoms with Crippen LogP contribution >= 0.6 is 0 Å². The van der Waals surface area contributed by atoms with Gasteiger partial charge < -0.3 is 4.90 Å². The second-order valence-corrected chi connectivity index (χ2v) is 9.15. The number of fused-ring (bicyclic) bond motifs is 1. The van der Waals surface area contributed by atoms with E-state index in [0.717, 1.165) is 25.9 Å². The van der Waals surface area contributed by atoms with Gasteiger partial charge in [0.15, 0.2) is 0 Å². The van der Waals surface area contributed by atoms with E-state index in [1.165, 1.54) is 13.3 Å². The third kappa shape index (κ3) is 2.90. The molecule has 3 rings (SSSR count). The van der Waals surface area contributed by atoms with Gasteiger partial charge in [-0.1, -0.05) is 0 Å². The number of likely N-dealkylation sites (tertiary alicyclic amines) is 1. The summed E-state index contributed by atoms with van der Waals surface area (Å²) in [5.74, 6) is -0.0199. The highest BCUT2D eigenvalue weighted by Crippen LogP contribution is 2.29. The van der Waals surface area contributed by atoms with Gasteiger partial charge in [-0.2, -0.15) is 4.31 Å². The van der Waals surface area contributed by atoms with Crippen molar-refractivity contribution < 1.29 is 13.2 Å². The van der Waals surface area contributed by atoms with E-state index in [1.807, 2.05) is 6.92 Å². The second-order valence-electron chi connectivity index (χ2n) is 6.98. The minimum Gasteiger partial charge on any atom is -0.342 e. The zero-order valence-corrected chi connectivity index (χ0v) is 14.4. The number of hydrogen-bond donors (Lipinski definition) is 0. The maximum Gasteiger partial charge on any atom is 0.219 e. The number of rotatable bonds is 2. The van der Waals surface area contributed by atoms with Crippen LogP contribution in [0.5, 0.6) is 0 Å². The molecule has 0 unspecified atom stereocenters. The Kier molecular flexibility index (Phi) is 4.49. The van der Waals surface area contributed by atoms with Crippen molar-refractivity contribution >= 4 is 15.9 Å². The maximum absolute atomic E-state index is 13.1. The first-order chi connectivity index (χ1) is 10.4. The second kappa shape index (κ2) is 6.09. The molecule has 7 heteroatoms. The van der Waals surface area contributed by atoms with Crippen molar-refractivity contribution in [1.29, 1.82) is 0 Å². The molecule has 0 N–H and O–H groups in total. The van der Waals surface area contributed by atoms with Gasteiger partial charge in [-0.3, -0.25) is 9.69 Å². The lowest BCUT2D eigenvalue weighted by molar-refractivity contribution is -0.129. The number of amides is 1. The van der Waals surface area contributed by atoms with Crippen LogP contribution < -0.4 is 0 Å². The molecule has 0 aromatic carbocycles. The van der Waals surface area contributed by atoms with Gasteiger partial charge in [-0.15, -0.1) is 0 Å². The molecule has 0 aromatic heterocycles. The van der Waals surface area contributed by atoms with Crippen molar-refractivity contribution in [2.75, 3.05) is 32.7 Å². The molecule has 3 fully saturated rings. The van der Waals surface area contributed by atoms with Gasteiger partial charge in [0.25, 0.3) is 0 Å². The molecular weight excluding hydrogens is 302 g/mol. The number of piperazine rings is 1. The number of piperidine rings is 1. The van der Waals surface area contributed by atoms with E-state index in [2.05, 4.69) is 4.90 Å². The molecule has 3 heterocycles. The summed E-state index contributed by atoms with van der Waals surface area (Å²) in [4.78, 5) is 15.7. The van der Waals surface area contributed by atoms with Crippen LogP contribution in [-0.4, -0.2) is 78.5 Å². The summed E-state index contributed by atoms with van der Waals surface area (Å²) in [5.41, 5.74) is 0. The summed E-state index contributed by atoms with van der Waals surface area (Å²) >= 11 is 0.